The Morgan fingerprint density at radius 2 is 1.50 bits per heavy atom. The summed E-state index contributed by atoms with van der Waals surface area (Å²) >= 11 is 0. The lowest BCUT2D eigenvalue weighted by Gasteiger charge is -2.27. The summed E-state index contributed by atoms with van der Waals surface area (Å²) < 4.78 is 0. The first-order chi connectivity index (χ1) is 7.76. The first-order valence-electron chi connectivity index (χ1n) is 6.80. The standard InChI is InChI=1S/C14H26Si2/c1-4-16(5-2,6-3)15-13-12-14-10-8-7-9-11-14/h7-11H,4-6,12-13,15H2,1-3H3. The summed E-state index contributed by atoms with van der Waals surface area (Å²) in [7, 11) is -0.519. The summed E-state index contributed by atoms with van der Waals surface area (Å²) in [5.74, 6) is 0. The summed E-state index contributed by atoms with van der Waals surface area (Å²) in [5.41, 5.74) is 1.54. The largest absolute Gasteiger partial charge is 0.0680 e. The molecule has 0 unspecified atom stereocenters. The van der Waals surface area contributed by atoms with Crippen molar-refractivity contribution < 1.29 is 0 Å². The van der Waals surface area contributed by atoms with Gasteiger partial charge in [0.25, 0.3) is 0 Å². The molecule has 0 fully saturated rings. The first kappa shape index (κ1) is 13.7. The molecule has 0 aliphatic heterocycles. The van der Waals surface area contributed by atoms with Crippen LogP contribution in [0.3, 0.4) is 0 Å². The molecule has 0 saturated heterocycles. The third kappa shape index (κ3) is 3.91. The topological polar surface area (TPSA) is 0 Å². The summed E-state index contributed by atoms with van der Waals surface area (Å²) in [5, 5.41) is 0. The van der Waals surface area contributed by atoms with Crippen LogP contribution in [0.15, 0.2) is 30.3 Å². The third-order valence-corrected chi connectivity index (χ3v) is 19.3. The number of aryl methyl sites for hydroxylation is 1. The SMILES string of the molecule is CC[Si](CC)(CC)[SiH2]CCc1ccccc1. The Morgan fingerprint density at radius 1 is 0.938 bits per heavy atom. The van der Waals surface area contributed by atoms with Gasteiger partial charge in [-0.1, -0.05) is 75.3 Å². The molecule has 16 heavy (non-hydrogen) atoms. The highest BCUT2D eigenvalue weighted by atomic mass is 29.2. The van der Waals surface area contributed by atoms with E-state index in [9.17, 15) is 0 Å². The lowest BCUT2D eigenvalue weighted by atomic mass is 10.2. The zero-order valence-corrected chi connectivity index (χ0v) is 13.5. The highest BCUT2D eigenvalue weighted by Crippen LogP contribution is 2.20. The summed E-state index contributed by atoms with van der Waals surface area (Å²) in [4.78, 5) is 0. The van der Waals surface area contributed by atoms with Crippen LogP contribution in [0, 0.1) is 0 Å². The van der Waals surface area contributed by atoms with Gasteiger partial charge in [-0.3, -0.25) is 0 Å². The molecule has 0 bridgehead atoms. The molecule has 0 N–H and O–H groups in total. The smallest absolute Gasteiger partial charge is 0.0393 e. The van der Waals surface area contributed by atoms with E-state index < -0.39 is 7.59 Å². The molecule has 0 aliphatic carbocycles. The molecule has 0 aromatic heterocycles. The minimum atomic E-state index is -0.732. The van der Waals surface area contributed by atoms with Gasteiger partial charge in [0.2, 0.25) is 0 Å². The second kappa shape index (κ2) is 7.07. The fraction of sp³-hybridized carbons (Fsp3) is 0.571. The third-order valence-electron chi connectivity index (χ3n) is 4.27. The van der Waals surface area contributed by atoms with E-state index in [1.165, 1.54) is 30.6 Å². The molecule has 0 heterocycles. The van der Waals surface area contributed by atoms with Crippen molar-refractivity contribution in [2.24, 2.45) is 0 Å². The molecular formula is C14H26Si2. The normalized spacial score (nSPS) is 12.4. The quantitative estimate of drug-likeness (QED) is 0.645. The van der Waals surface area contributed by atoms with Crippen LogP contribution >= 0.6 is 0 Å². The molecule has 1 aromatic rings. The number of benzene rings is 1. The molecule has 0 atom stereocenters. The summed E-state index contributed by atoms with van der Waals surface area (Å²) in [6.45, 7) is 7.32. The van der Waals surface area contributed by atoms with Crippen molar-refractivity contribution in [1.82, 2.24) is 0 Å². The minimum absolute atomic E-state index is 0.213. The van der Waals surface area contributed by atoms with Gasteiger partial charge in [-0.15, -0.1) is 0 Å². The summed E-state index contributed by atoms with van der Waals surface area (Å²) in [6.07, 6.45) is 1.34. The maximum atomic E-state index is 2.44. The van der Waals surface area contributed by atoms with Gasteiger partial charge in [0.05, 0.1) is 0 Å². The Kier molecular flexibility index (Phi) is 6.06. The highest BCUT2D eigenvalue weighted by Gasteiger charge is 2.25. The minimum Gasteiger partial charge on any atom is -0.0680 e. The van der Waals surface area contributed by atoms with Crippen molar-refractivity contribution in [3.63, 3.8) is 0 Å². The van der Waals surface area contributed by atoms with E-state index in [1.54, 1.807) is 5.56 Å². The Balaban J connectivity index is 2.39. The van der Waals surface area contributed by atoms with Gasteiger partial charge in [-0.2, -0.15) is 0 Å². The van der Waals surface area contributed by atoms with Crippen molar-refractivity contribution in [3.8, 4) is 0 Å². The lowest BCUT2D eigenvalue weighted by molar-refractivity contribution is 1.12. The first-order valence-corrected chi connectivity index (χ1v) is 12.7. The molecule has 1 rings (SSSR count). The number of hydrogen-bond donors (Lipinski definition) is 0. The average molecular weight is 251 g/mol. The molecule has 0 nitrogen and oxygen atoms in total. The number of rotatable bonds is 7. The molecule has 0 spiro atoms. The zero-order chi connectivity index (χ0) is 11.9. The van der Waals surface area contributed by atoms with E-state index in [1.807, 2.05) is 0 Å². The lowest BCUT2D eigenvalue weighted by Crippen LogP contribution is -2.39. The summed E-state index contributed by atoms with van der Waals surface area (Å²) in [6, 6.07) is 17.1. The van der Waals surface area contributed by atoms with Crippen LogP contribution < -0.4 is 0 Å². The number of hydrogen-bond acceptors (Lipinski definition) is 0. The Morgan fingerprint density at radius 3 is 2.00 bits per heavy atom. The highest BCUT2D eigenvalue weighted by molar-refractivity contribution is 7.24. The van der Waals surface area contributed by atoms with Crippen molar-refractivity contribution in [1.29, 1.82) is 0 Å². The molecule has 0 saturated carbocycles. The van der Waals surface area contributed by atoms with E-state index in [0.717, 1.165) is 0 Å². The van der Waals surface area contributed by atoms with Crippen molar-refractivity contribution in [3.05, 3.63) is 35.9 Å². The molecule has 0 radical (unpaired) electrons. The maximum Gasteiger partial charge on any atom is 0.0393 e. The van der Waals surface area contributed by atoms with E-state index in [2.05, 4.69) is 51.1 Å². The molecule has 0 amide bonds. The van der Waals surface area contributed by atoms with Crippen LogP contribution in [0.1, 0.15) is 26.3 Å². The Bertz CT molecular complexity index is 270. The van der Waals surface area contributed by atoms with Gasteiger partial charge in [-0.25, -0.2) is 0 Å². The van der Waals surface area contributed by atoms with Gasteiger partial charge in [0.1, 0.15) is 0 Å². The molecule has 90 valence electrons. The predicted molar refractivity (Wildman–Crippen MR) is 80.7 cm³/mol. The van der Waals surface area contributed by atoms with Crippen LogP contribution in [-0.4, -0.2) is 16.6 Å². The Hall–Kier alpha value is -0.346. The molecule has 1 aromatic carbocycles. The fourth-order valence-electron chi connectivity index (χ4n) is 2.59. The molecular weight excluding hydrogens is 224 g/mol. The monoisotopic (exact) mass is 250 g/mol. The Labute approximate surface area is 104 Å². The van der Waals surface area contributed by atoms with Gasteiger partial charge < -0.3 is 0 Å². The average Bonchev–Trinajstić information content (AvgIpc) is 2.37. The van der Waals surface area contributed by atoms with E-state index in [0.29, 0.717) is 0 Å². The predicted octanol–water partition coefficient (Wildman–Crippen LogP) is 3.82. The van der Waals surface area contributed by atoms with Crippen molar-refractivity contribution in [2.75, 3.05) is 0 Å². The zero-order valence-electron chi connectivity index (χ0n) is 11.1. The van der Waals surface area contributed by atoms with Crippen molar-refractivity contribution >= 4 is 16.6 Å². The molecule has 2 heteroatoms. The molecule has 0 aliphatic rings. The van der Waals surface area contributed by atoms with E-state index >= 15 is 0 Å². The van der Waals surface area contributed by atoms with Crippen LogP contribution in [0.5, 0.6) is 0 Å². The van der Waals surface area contributed by atoms with E-state index in [-0.39, 0.29) is 9.04 Å². The van der Waals surface area contributed by atoms with Crippen LogP contribution in [0.4, 0.5) is 0 Å². The van der Waals surface area contributed by atoms with Gasteiger partial charge in [0.15, 0.2) is 0 Å². The van der Waals surface area contributed by atoms with Gasteiger partial charge >= 0.3 is 0 Å². The maximum absolute atomic E-state index is 2.44. The van der Waals surface area contributed by atoms with Gasteiger partial charge in [-0.05, 0) is 12.0 Å². The van der Waals surface area contributed by atoms with Gasteiger partial charge in [0, 0.05) is 16.6 Å². The van der Waals surface area contributed by atoms with Crippen molar-refractivity contribution in [2.45, 2.75) is 51.4 Å². The van der Waals surface area contributed by atoms with Crippen LogP contribution in [0.25, 0.3) is 0 Å². The van der Waals surface area contributed by atoms with Crippen LogP contribution in [-0.2, 0) is 6.42 Å². The van der Waals surface area contributed by atoms with Crippen LogP contribution in [0.2, 0.25) is 24.2 Å². The second-order valence-electron chi connectivity index (χ2n) is 4.90. The fourth-order valence-corrected chi connectivity index (χ4v) is 12.5. The second-order valence-corrected chi connectivity index (χ2v) is 17.2. The van der Waals surface area contributed by atoms with E-state index in [4.69, 9.17) is 0 Å².